The van der Waals surface area contributed by atoms with Gasteiger partial charge in [0, 0.05) is 11.2 Å². The third-order valence-corrected chi connectivity index (χ3v) is 3.31. The molecule has 8 heteroatoms. The molecule has 100 valence electrons. The number of amides is 1. The zero-order chi connectivity index (χ0) is 14.0. The van der Waals surface area contributed by atoms with Gasteiger partial charge in [-0.15, -0.1) is 0 Å². The number of aliphatic hydroxyl groups excluding tert-OH is 1. The normalized spacial score (nSPS) is 12.2. The largest absolute Gasteiger partial charge is 0.411 e. The second-order valence-electron chi connectivity index (χ2n) is 3.55. The minimum atomic E-state index is -1.11. The smallest absolute Gasteiger partial charge is 0.383 e. The number of hydrogen-bond donors (Lipinski definition) is 2. The summed E-state index contributed by atoms with van der Waals surface area (Å²) in [4.78, 5) is 14.7. The average molecular weight is 303 g/mol. The Kier molecular flexibility index (Phi) is 3.98. The molecule has 0 aliphatic heterocycles. The topological polar surface area (TPSA) is 85.4 Å². The van der Waals surface area contributed by atoms with Crippen LogP contribution in [0.15, 0.2) is 24.4 Å². The van der Waals surface area contributed by atoms with Crippen LogP contribution in [0.25, 0.3) is 0 Å². The number of aromatic nitrogens is 1. The molecule has 0 saturated heterocycles. The standard InChI is InChI=1S/C11H8ClFN2O3S/c12-6-1-5(2-7(13)3-6)9(16)8-4-15-11(19-8)18-10(14)17/h1-4,9,16H,(H2,14,17). The van der Waals surface area contributed by atoms with Crippen molar-refractivity contribution in [1.82, 2.24) is 4.98 Å². The van der Waals surface area contributed by atoms with Gasteiger partial charge in [0.1, 0.15) is 11.9 Å². The number of primary amides is 1. The summed E-state index contributed by atoms with van der Waals surface area (Å²) in [5, 5.41) is 10.2. The van der Waals surface area contributed by atoms with Crippen molar-refractivity contribution in [3.63, 3.8) is 0 Å². The van der Waals surface area contributed by atoms with Gasteiger partial charge in [0.2, 0.25) is 0 Å². The van der Waals surface area contributed by atoms with Gasteiger partial charge in [-0.25, -0.2) is 14.2 Å². The number of nitrogens with zero attached hydrogens (tertiary/aromatic N) is 1. The number of rotatable bonds is 3. The molecule has 0 aliphatic rings. The molecule has 1 heterocycles. The number of halogens is 2. The lowest BCUT2D eigenvalue weighted by atomic mass is 10.1. The third-order valence-electron chi connectivity index (χ3n) is 2.16. The highest BCUT2D eigenvalue weighted by Crippen LogP contribution is 2.31. The third kappa shape index (κ3) is 3.40. The predicted molar refractivity (Wildman–Crippen MR) is 67.8 cm³/mol. The van der Waals surface area contributed by atoms with Gasteiger partial charge in [-0.3, -0.25) is 0 Å². The molecule has 0 aliphatic carbocycles. The maximum atomic E-state index is 13.2. The van der Waals surface area contributed by atoms with Crippen LogP contribution in [-0.2, 0) is 0 Å². The first-order valence-electron chi connectivity index (χ1n) is 5.03. The molecular formula is C11H8ClFN2O3S. The molecule has 19 heavy (non-hydrogen) atoms. The van der Waals surface area contributed by atoms with E-state index in [2.05, 4.69) is 9.72 Å². The highest BCUT2D eigenvalue weighted by atomic mass is 35.5. The van der Waals surface area contributed by atoms with Crippen LogP contribution >= 0.6 is 22.9 Å². The van der Waals surface area contributed by atoms with E-state index in [1.54, 1.807) is 0 Å². The summed E-state index contributed by atoms with van der Waals surface area (Å²) in [6.45, 7) is 0. The molecule has 1 aromatic carbocycles. The maximum Gasteiger partial charge on any atom is 0.411 e. The Hall–Kier alpha value is -1.70. The number of hydrogen-bond acceptors (Lipinski definition) is 5. The predicted octanol–water partition coefficient (Wildman–Crippen LogP) is 2.47. The quantitative estimate of drug-likeness (QED) is 0.912. The summed E-state index contributed by atoms with van der Waals surface area (Å²) in [6, 6.07) is 3.72. The Morgan fingerprint density at radius 1 is 1.53 bits per heavy atom. The molecule has 1 aromatic heterocycles. The summed E-state index contributed by atoms with van der Waals surface area (Å²) >= 11 is 6.63. The van der Waals surface area contributed by atoms with Gasteiger partial charge in [-0.1, -0.05) is 22.9 Å². The fourth-order valence-electron chi connectivity index (χ4n) is 1.43. The van der Waals surface area contributed by atoms with Crippen molar-refractivity contribution in [1.29, 1.82) is 0 Å². The van der Waals surface area contributed by atoms with Crippen molar-refractivity contribution in [2.45, 2.75) is 6.10 Å². The number of thiazole rings is 1. The van der Waals surface area contributed by atoms with E-state index in [0.717, 1.165) is 23.5 Å². The minimum absolute atomic E-state index is 0.00375. The van der Waals surface area contributed by atoms with Crippen molar-refractivity contribution in [3.05, 3.63) is 45.7 Å². The lowest BCUT2D eigenvalue weighted by Crippen LogP contribution is -2.15. The number of benzene rings is 1. The average Bonchev–Trinajstić information content (AvgIpc) is 2.74. The van der Waals surface area contributed by atoms with Crippen molar-refractivity contribution in [3.8, 4) is 5.19 Å². The van der Waals surface area contributed by atoms with Crippen LogP contribution in [0.5, 0.6) is 5.19 Å². The summed E-state index contributed by atoms with van der Waals surface area (Å²) in [6.07, 6.45) is -0.799. The molecule has 0 saturated carbocycles. The zero-order valence-corrected chi connectivity index (χ0v) is 10.9. The molecule has 3 N–H and O–H groups in total. The SMILES string of the molecule is NC(=O)Oc1ncc(C(O)c2cc(F)cc(Cl)c2)s1. The van der Waals surface area contributed by atoms with Gasteiger partial charge in [0.05, 0.1) is 4.88 Å². The number of carbonyl (C=O) groups is 1. The van der Waals surface area contributed by atoms with Crippen LogP contribution in [0.3, 0.4) is 0 Å². The molecule has 2 rings (SSSR count). The Bertz CT molecular complexity index is 599. The Morgan fingerprint density at radius 2 is 2.26 bits per heavy atom. The van der Waals surface area contributed by atoms with Gasteiger partial charge in [-0.2, -0.15) is 0 Å². The number of aliphatic hydroxyl groups is 1. The monoisotopic (exact) mass is 302 g/mol. The van der Waals surface area contributed by atoms with Crippen LogP contribution in [0, 0.1) is 5.82 Å². The Balaban J connectivity index is 2.25. The van der Waals surface area contributed by atoms with Gasteiger partial charge >= 0.3 is 6.09 Å². The maximum absolute atomic E-state index is 13.2. The Morgan fingerprint density at radius 3 is 2.89 bits per heavy atom. The van der Waals surface area contributed by atoms with E-state index >= 15 is 0 Å². The molecular weight excluding hydrogens is 295 g/mol. The molecule has 2 aromatic rings. The lowest BCUT2D eigenvalue weighted by molar-refractivity contribution is 0.210. The van der Waals surface area contributed by atoms with Crippen molar-refractivity contribution in [2.75, 3.05) is 0 Å². The van der Waals surface area contributed by atoms with Crippen molar-refractivity contribution in [2.24, 2.45) is 5.73 Å². The highest BCUT2D eigenvalue weighted by Gasteiger charge is 2.17. The molecule has 0 spiro atoms. The minimum Gasteiger partial charge on any atom is -0.383 e. The van der Waals surface area contributed by atoms with Crippen LogP contribution in [0.4, 0.5) is 9.18 Å². The van der Waals surface area contributed by atoms with Gasteiger partial charge < -0.3 is 15.6 Å². The summed E-state index contributed by atoms with van der Waals surface area (Å²) < 4.78 is 17.8. The molecule has 0 radical (unpaired) electrons. The fourth-order valence-corrected chi connectivity index (χ4v) is 2.44. The van der Waals surface area contributed by atoms with E-state index in [1.165, 1.54) is 12.3 Å². The number of nitrogens with two attached hydrogens (primary N) is 1. The molecule has 1 unspecified atom stereocenters. The van der Waals surface area contributed by atoms with E-state index in [-0.39, 0.29) is 15.8 Å². The van der Waals surface area contributed by atoms with Crippen LogP contribution in [0.2, 0.25) is 5.02 Å². The van der Waals surface area contributed by atoms with E-state index in [1.807, 2.05) is 0 Å². The second kappa shape index (κ2) is 5.52. The van der Waals surface area contributed by atoms with Crippen LogP contribution in [0.1, 0.15) is 16.5 Å². The van der Waals surface area contributed by atoms with E-state index < -0.39 is 18.0 Å². The molecule has 1 amide bonds. The van der Waals surface area contributed by atoms with Crippen LogP contribution < -0.4 is 10.5 Å². The first-order valence-corrected chi connectivity index (χ1v) is 6.22. The molecule has 1 atom stereocenters. The summed E-state index contributed by atoms with van der Waals surface area (Å²) in [7, 11) is 0. The van der Waals surface area contributed by atoms with E-state index in [9.17, 15) is 14.3 Å². The van der Waals surface area contributed by atoms with Gasteiger partial charge in [0.25, 0.3) is 5.19 Å². The van der Waals surface area contributed by atoms with E-state index in [4.69, 9.17) is 17.3 Å². The molecule has 0 fully saturated rings. The first kappa shape index (κ1) is 13.7. The van der Waals surface area contributed by atoms with Crippen molar-refractivity contribution < 1.29 is 19.0 Å². The summed E-state index contributed by atoms with van der Waals surface area (Å²) in [5.41, 5.74) is 5.11. The van der Waals surface area contributed by atoms with Crippen LogP contribution in [-0.4, -0.2) is 16.2 Å². The van der Waals surface area contributed by atoms with Gasteiger partial charge in [-0.05, 0) is 23.8 Å². The number of ether oxygens (including phenoxy) is 1. The second-order valence-corrected chi connectivity index (χ2v) is 5.02. The Labute approximate surface area is 116 Å². The van der Waals surface area contributed by atoms with Gasteiger partial charge in [0.15, 0.2) is 0 Å². The summed E-state index contributed by atoms with van der Waals surface area (Å²) in [5.74, 6) is -0.556. The molecule has 5 nitrogen and oxygen atoms in total. The van der Waals surface area contributed by atoms with Crippen molar-refractivity contribution >= 4 is 29.0 Å². The number of carbonyl (C=O) groups excluding carboxylic acids is 1. The lowest BCUT2D eigenvalue weighted by Gasteiger charge is -2.08. The zero-order valence-electron chi connectivity index (χ0n) is 9.34. The van der Waals surface area contributed by atoms with E-state index in [0.29, 0.717) is 4.88 Å². The highest BCUT2D eigenvalue weighted by molar-refractivity contribution is 7.13. The fraction of sp³-hybridized carbons (Fsp3) is 0.0909. The molecule has 0 bridgehead atoms. The first-order chi connectivity index (χ1) is 8.95.